The number of Topliss-reactive ketones (excluding diaryl/α,β-unsaturated/α-hetero) is 1. The van der Waals surface area contributed by atoms with Gasteiger partial charge in [-0.25, -0.2) is 0 Å². The Morgan fingerprint density at radius 3 is 2.52 bits per heavy atom. The molecule has 1 aliphatic heterocycles. The molecule has 0 atom stereocenters. The second kappa shape index (κ2) is 6.37. The van der Waals surface area contributed by atoms with Crippen molar-refractivity contribution in [2.45, 2.75) is 6.18 Å². The standard InChI is InChI=1S/C18H11ClF3NO2/c19-14-8-7-11(10-13(14)18(20,21)22)4-3-9-23-15-6-2-1-5-12(15)16(24)17(23)25/h1-8,10H,9H2/b4-3+. The Kier molecular flexibility index (Phi) is 4.39. The van der Waals surface area contributed by atoms with Crippen molar-refractivity contribution >= 4 is 35.1 Å². The Balaban J connectivity index is 1.81. The van der Waals surface area contributed by atoms with Crippen LogP contribution in [-0.2, 0) is 11.0 Å². The molecule has 7 heteroatoms. The number of hydrogen-bond donors (Lipinski definition) is 0. The topological polar surface area (TPSA) is 37.4 Å². The lowest BCUT2D eigenvalue weighted by molar-refractivity contribution is -0.137. The monoisotopic (exact) mass is 365 g/mol. The normalized spacial score (nSPS) is 14.5. The van der Waals surface area contributed by atoms with Crippen LogP contribution < -0.4 is 4.90 Å². The first-order chi connectivity index (χ1) is 11.8. The fourth-order valence-corrected chi connectivity index (χ4v) is 2.81. The largest absolute Gasteiger partial charge is 0.417 e. The molecule has 1 amide bonds. The Morgan fingerprint density at radius 1 is 1.08 bits per heavy atom. The average molecular weight is 366 g/mol. The molecule has 0 radical (unpaired) electrons. The number of para-hydroxylation sites is 1. The fraction of sp³-hybridized carbons (Fsp3) is 0.111. The summed E-state index contributed by atoms with van der Waals surface area (Å²) in [4.78, 5) is 25.2. The van der Waals surface area contributed by atoms with Crippen molar-refractivity contribution in [1.29, 1.82) is 0 Å². The van der Waals surface area contributed by atoms with E-state index in [1.807, 2.05) is 0 Å². The summed E-state index contributed by atoms with van der Waals surface area (Å²) < 4.78 is 38.6. The molecule has 0 saturated heterocycles. The number of carbonyl (C=O) groups is 2. The molecule has 2 aromatic rings. The maximum Gasteiger partial charge on any atom is 0.417 e. The highest BCUT2D eigenvalue weighted by molar-refractivity contribution is 6.52. The Morgan fingerprint density at radius 2 is 1.80 bits per heavy atom. The molecule has 0 bridgehead atoms. The molecule has 0 fully saturated rings. The number of ketones is 1. The molecule has 0 N–H and O–H groups in total. The lowest BCUT2D eigenvalue weighted by Crippen LogP contribution is -2.29. The molecule has 1 heterocycles. The number of fused-ring (bicyclic) bond motifs is 1. The quantitative estimate of drug-likeness (QED) is 0.745. The molecule has 0 unspecified atom stereocenters. The lowest BCUT2D eigenvalue weighted by atomic mass is 10.1. The summed E-state index contributed by atoms with van der Waals surface area (Å²) in [7, 11) is 0. The predicted octanol–water partition coefficient (Wildman–Crippen LogP) is 4.60. The zero-order chi connectivity index (χ0) is 18.2. The van der Waals surface area contributed by atoms with Crippen molar-refractivity contribution in [3.8, 4) is 0 Å². The van der Waals surface area contributed by atoms with Crippen LogP contribution in [0.4, 0.5) is 18.9 Å². The van der Waals surface area contributed by atoms with E-state index in [0.717, 1.165) is 6.07 Å². The van der Waals surface area contributed by atoms with Gasteiger partial charge in [-0.3, -0.25) is 9.59 Å². The molecule has 128 valence electrons. The summed E-state index contributed by atoms with van der Waals surface area (Å²) in [5.74, 6) is -1.24. The van der Waals surface area contributed by atoms with Crippen molar-refractivity contribution in [3.63, 3.8) is 0 Å². The summed E-state index contributed by atoms with van der Waals surface area (Å²) in [6.45, 7) is 0.0750. The van der Waals surface area contributed by atoms with E-state index >= 15 is 0 Å². The highest BCUT2D eigenvalue weighted by Gasteiger charge is 2.35. The van der Waals surface area contributed by atoms with Gasteiger partial charge in [0.05, 0.1) is 21.8 Å². The molecular formula is C18H11ClF3NO2. The number of hydrogen-bond acceptors (Lipinski definition) is 2. The molecule has 2 aromatic carbocycles. The highest BCUT2D eigenvalue weighted by Crippen LogP contribution is 2.35. The van der Waals surface area contributed by atoms with E-state index in [1.54, 1.807) is 24.3 Å². The fourth-order valence-electron chi connectivity index (χ4n) is 2.59. The van der Waals surface area contributed by atoms with E-state index in [1.165, 1.54) is 29.2 Å². The summed E-state index contributed by atoms with van der Waals surface area (Å²) in [5, 5.41) is -0.376. The zero-order valence-electron chi connectivity index (χ0n) is 12.7. The number of halogens is 4. The number of alkyl halides is 3. The van der Waals surface area contributed by atoms with Gasteiger partial charge in [0.25, 0.3) is 11.7 Å². The van der Waals surface area contributed by atoms with Gasteiger partial charge in [0, 0.05) is 6.54 Å². The molecule has 3 rings (SSSR count). The summed E-state index contributed by atoms with van der Waals surface area (Å²) in [6, 6.07) is 10.1. The number of amides is 1. The van der Waals surface area contributed by atoms with Gasteiger partial charge in [-0.15, -0.1) is 0 Å². The minimum absolute atomic E-state index is 0.0750. The van der Waals surface area contributed by atoms with Crippen LogP contribution in [-0.4, -0.2) is 18.2 Å². The third kappa shape index (κ3) is 3.30. The van der Waals surface area contributed by atoms with Gasteiger partial charge in [-0.2, -0.15) is 13.2 Å². The van der Waals surface area contributed by atoms with Gasteiger partial charge in [-0.05, 0) is 29.8 Å². The molecule has 3 nitrogen and oxygen atoms in total. The van der Waals surface area contributed by atoms with Crippen molar-refractivity contribution in [1.82, 2.24) is 0 Å². The van der Waals surface area contributed by atoms with Crippen LogP contribution in [0, 0.1) is 0 Å². The van der Waals surface area contributed by atoms with Crippen LogP contribution in [0.3, 0.4) is 0 Å². The minimum Gasteiger partial charge on any atom is -0.301 e. The summed E-state index contributed by atoms with van der Waals surface area (Å²) in [5.41, 5.74) is 0.193. The van der Waals surface area contributed by atoms with E-state index in [0.29, 0.717) is 16.8 Å². The van der Waals surface area contributed by atoms with Gasteiger partial charge in [0.15, 0.2) is 0 Å². The minimum atomic E-state index is -4.54. The van der Waals surface area contributed by atoms with Crippen LogP contribution in [0.5, 0.6) is 0 Å². The SMILES string of the molecule is O=C1C(=O)N(C/C=C/c2ccc(Cl)c(C(F)(F)F)c2)c2ccccc21. The first kappa shape index (κ1) is 17.2. The van der Waals surface area contributed by atoms with Gasteiger partial charge >= 0.3 is 6.18 Å². The van der Waals surface area contributed by atoms with E-state index in [2.05, 4.69) is 0 Å². The third-order valence-electron chi connectivity index (χ3n) is 3.77. The van der Waals surface area contributed by atoms with E-state index in [-0.39, 0.29) is 11.6 Å². The maximum absolute atomic E-state index is 12.9. The zero-order valence-corrected chi connectivity index (χ0v) is 13.4. The number of carbonyl (C=O) groups excluding carboxylic acids is 2. The van der Waals surface area contributed by atoms with Crippen molar-refractivity contribution < 1.29 is 22.8 Å². The van der Waals surface area contributed by atoms with E-state index in [4.69, 9.17) is 11.6 Å². The number of rotatable bonds is 3. The lowest BCUT2D eigenvalue weighted by Gasteiger charge is -2.13. The smallest absolute Gasteiger partial charge is 0.301 e. The summed E-state index contributed by atoms with van der Waals surface area (Å²) in [6.07, 6.45) is -1.57. The number of nitrogens with zero attached hydrogens (tertiary/aromatic N) is 1. The molecule has 0 aromatic heterocycles. The highest BCUT2D eigenvalue weighted by atomic mass is 35.5. The van der Waals surface area contributed by atoms with Crippen LogP contribution in [0.15, 0.2) is 48.5 Å². The maximum atomic E-state index is 12.9. The van der Waals surface area contributed by atoms with Crippen LogP contribution in [0.25, 0.3) is 6.08 Å². The van der Waals surface area contributed by atoms with Gasteiger partial charge in [0.1, 0.15) is 0 Å². The molecular weight excluding hydrogens is 355 g/mol. The molecule has 0 aliphatic carbocycles. The van der Waals surface area contributed by atoms with Gasteiger partial charge in [-0.1, -0.05) is 42.0 Å². The van der Waals surface area contributed by atoms with Crippen molar-refractivity contribution in [2.75, 3.05) is 11.4 Å². The van der Waals surface area contributed by atoms with Crippen molar-refractivity contribution in [2.24, 2.45) is 0 Å². The third-order valence-corrected chi connectivity index (χ3v) is 4.10. The second-order valence-electron chi connectivity index (χ2n) is 5.40. The Bertz CT molecular complexity index is 890. The Hall–Kier alpha value is -2.60. The van der Waals surface area contributed by atoms with E-state index < -0.39 is 23.4 Å². The van der Waals surface area contributed by atoms with Gasteiger partial charge < -0.3 is 4.90 Å². The molecule has 0 saturated carbocycles. The van der Waals surface area contributed by atoms with Gasteiger partial charge in [0.2, 0.25) is 0 Å². The van der Waals surface area contributed by atoms with Crippen molar-refractivity contribution in [3.05, 3.63) is 70.3 Å². The van der Waals surface area contributed by atoms with Crippen LogP contribution in [0.1, 0.15) is 21.5 Å². The average Bonchev–Trinajstić information content (AvgIpc) is 2.80. The van der Waals surface area contributed by atoms with Crippen LogP contribution in [0.2, 0.25) is 5.02 Å². The second-order valence-corrected chi connectivity index (χ2v) is 5.81. The first-order valence-corrected chi connectivity index (χ1v) is 7.65. The first-order valence-electron chi connectivity index (χ1n) is 7.27. The number of anilines is 1. The molecule has 1 aliphatic rings. The molecule has 0 spiro atoms. The predicted molar refractivity (Wildman–Crippen MR) is 88.6 cm³/mol. The molecule has 25 heavy (non-hydrogen) atoms. The number of benzene rings is 2. The summed E-state index contributed by atoms with van der Waals surface area (Å²) >= 11 is 5.58. The van der Waals surface area contributed by atoms with Crippen LogP contribution >= 0.6 is 11.6 Å². The Labute approximate surface area is 146 Å². The van der Waals surface area contributed by atoms with E-state index in [9.17, 15) is 22.8 Å².